The molecule has 0 aliphatic rings. The van der Waals surface area contributed by atoms with Crippen LogP contribution in [0.2, 0.25) is 0 Å². The maximum atomic E-state index is 5.50. The lowest BCUT2D eigenvalue weighted by Crippen LogP contribution is -1.96. The molecule has 2 aromatic rings. The minimum Gasteiger partial charge on any atom is -0.374 e. The van der Waals surface area contributed by atoms with E-state index in [4.69, 9.17) is 5.73 Å². The van der Waals surface area contributed by atoms with Crippen molar-refractivity contribution in [1.82, 2.24) is 25.4 Å². The summed E-state index contributed by atoms with van der Waals surface area (Å²) in [7, 11) is 0. The predicted octanol–water partition coefficient (Wildman–Crippen LogP) is 1.03. The first-order valence-electron chi connectivity index (χ1n) is 5.11. The fourth-order valence-electron chi connectivity index (χ4n) is 1.35. The number of nitrogen functional groups attached to an aromatic ring is 1. The number of nitrogens with one attached hydrogen (secondary N) is 1. The number of rotatable bonds is 4. The molecular formula is C9H14N6S. The van der Waals surface area contributed by atoms with E-state index in [0.717, 1.165) is 23.1 Å². The first-order valence-corrected chi connectivity index (χ1v) is 5.93. The first kappa shape index (κ1) is 11.0. The summed E-state index contributed by atoms with van der Waals surface area (Å²) in [6.45, 7) is 4.28. The van der Waals surface area contributed by atoms with Crippen molar-refractivity contribution in [2.45, 2.75) is 26.7 Å². The topological polar surface area (TPSA) is 93.4 Å². The van der Waals surface area contributed by atoms with E-state index < -0.39 is 0 Å². The Morgan fingerprint density at radius 1 is 1.38 bits per heavy atom. The molecule has 0 aliphatic carbocycles. The van der Waals surface area contributed by atoms with E-state index in [1.54, 1.807) is 0 Å². The average Bonchev–Trinajstić information content (AvgIpc) is 2.76. The van der Waals surface area contributed by atoms with E-state index in [1.165, 1.54) is 11.3 Å². The number of H-pyrrole nitrogens is 1. The number of anilines is 1. The number of nitrogens with two attached hydrogens (primary N) is 1. The molecule has 0 amide bonds. The quantitative estimate of drug-likeness (QED) is 0.829. The first-order chi connectivity index (χ1) is 7.63. The smallest absolute Gasteiger partial charge is 0.203 e. The summed E-state index contributed by atoms with van der Waals surface area (Å²) in [5.41, 5.74) is 5.50. The molecule has 0 saturated carbocycles. The van der Waals surface area contributed by atoms with Gasteiger partial charge in [0.1, 0.15) is 10.8 Å². The van der Waals surface area contributed by atoms with Crippen LogP contribution >= 0.6 is 11.3 Å². The lowest BCUT2D eigenvalue weighted by molar-refractivity contribution is 0.622. The predicted molar refractivity (Wildman–Crippen MR) is 62.1 cm³/mol. The second-order valence-electron chi connectivity index (χ2n) is 4.01. The Hall–Kier alpha value is -1.50. The molecule has 6 nitrogen and oxygen atoms in total. The minimum atomic E-state index is 0.483. The maximum absolute atomic E-state index is 5.50. The maximum Gasteiger partial charge on any atom is 0.203 e. The van der Waals surface area contributed by atoms with Gasteiger partial charge in [0.25, 0.3) is 0 Å². The molecule has 16 heavy (non-hydrogen) atoms. The highest BCUT2D eigenvalue weighted by Gasteiger charge is 2.08. The second-order valence-corrected chi connectivity index (χ2v) is 5.10. The van der Waals surface area contributed by atoms with Crippen LogP contribution in [0, 0.1) is 5.92 Å². The largest absolute Gasteiger partial charge is 0.374 e. The zero-order valence-corrected chi connectivity index (χ0v) is 10.1. The third kappa shape index (κ3) is 2.75. The van der Waals surface area contributed by atoms with Gasteiger partial charge in [-0.25, -0.2) is 4.98 Å². The van der Waals surface area contributed by atoms with Crippen molar-refractivity contribution in [2.24, 2.45) is 5.92 Å². The molecule has 2 aromatic heterocycles. The molecule has 86 valence electrons. The van der Waals surface area contributed by atoms with Crippen molar-refractivity contribution in [3.05, 3.63) is 16.7 Å². The van der Waals surface area contributed by atoms with Crippen LogP contribution in [0.25, 0.3) is 0 Å². The van der Waals surface area contributed by atoms with Gasteiger partial charge in [0.05, 0.1) is 6.42 Å². The van der Waals surface area contributed by atoms with Crippen LogP contribution in [0.3, 0.4) is 0 Å². The average molecular weight is 238 g/mol. The Morgan fingerprint density at radius 3 is 2.81 bits per heavy atom. The van der Waals surface area contributed by atoms with Crippen LogP contribution in [0.4, 0.5) is 5.13 Å². The standard InChI is InChI=1S/C9H14N6S/c1-5(2)3-6-11-7(13-12-6)4-8-14-15-9(10)16-8/h5H,3-4H2,1-2H3,(H2,10,15)(H,11,12,13). The van der Waals surface area contributed by atoms with Crippen molar-refractivity contribution < 1.29 is 0 Å². The van der Waals surface area contributed by atoms with Crippen LogP contribution < -0.4 is 5.73 Å². The molecule has 0 spiro atoms. The lowest BCUT2D eigenvalue weighted by atomic mass is 10.1. The van der Waals surface area contributed by atoms with Crippen LogP contribution in [-0.2, 0) is 12.8 Å². The number of aromatic nitrogens is 5. The molecule has 0 aliphatic heterocycles. The van der Waals surface area contributed by atoms with Crippen LogP contribution in [0.5, 0.6) is 0 Å². The summed E-state index contributed by atoms with van der Waals surface area (Å²) in [5.74, 6) is 2.22. The third-order valence-electron chi connectivity index (χ3n) is 1.97. The molecule has 7 heteroatoms. The summed E-state index contributed by atoms with van der Waals surface area (Å²) >= 11 is 1.37. The Kier molecular flexibility index (Phi) is 3.14. The molecule has 0 saturated heterocycles. The fourth-order valence-corrected chi connectivity index (χ4v) is 1.97. The van der Waals surface area contributed by atoms with Gasteiger partial charge in [-0.05, 0) is 5.92 Å². The van der Waals surface area contributed by atoms with Crippen LogP contribution in [0.1, 0.15) is 30.5 Å². The van der Waals surface area contributed by atoms with Gasteiger partial charge in [-0.1, -0.05) is 25.2 Å². The third-order valence-corrected chi connectivity index (χ3v) is 2.72. The van der Waals surface area contributed by atoms with Gasteiger partial charge in [0.15, 0.2) is 5.82 Å². The summed E-state index contributed by atoms with van der Waals surface area (Å²) < 4.78 is 0. The van der Waals surface area contributed by atoms with Gasteiger partial charge >= 0.3 is 0 Å². The van der Waals surface area contributed by atoms with Gasteiger partial charge < -0.3 is 5.73 Å². The van der Waals surface area contributed by atoms with Gasteiger partial charge in [0, 0.05) is 6.42 Å². The minimum absolute atomic E-state index is 0.483. The Labute approximate surface area is 97.3 Å². The van der Waals surface area contributed by atoms with E-state index in [1.807, 2.05) is 0 Å². The van der Waals surface area contributed by atoms with Crippen molar-refractivity contribution in [3.8, 4) is 0 Å². The molecule has 0 radical (unpaired) electrons. The molecule has 0 fully saturated rings. The zero-order chi connectivity index (χ0) is 11.5. The number of hydrogen-bond acceptors (Lipinski definition) is 6. The van der Waals surface area contributed by atoms with Gasteiger partial charge in [0.2, 0.25) is 5.13 Å². The van der Waals surface area contributed by atoms with Crippen LogP contribution in [0.15, 0.2) is 0 Å². The second kappa shape index (κ2) is 4.56. The highest BCUT2D eigenvalue weighted by atomic mass is 32.1. The molecule has 0 atom stereocenters. The van der Waals surface area contributed by atoms with E-state index in [0.29, 0.717) is 17.5 Å². The number of hydrogen-bond donors (Lipinski definition) is 2. The van der Waals surface area contributed by atoms with Crippen molar-refractivity contribution in [2.75, 3.05) is 5.73 Å². The Morgan fingerprint density at radius 2 is 2.19 bits per heavy atom. The van der Waals surface area contributed by atoms with Crippen molar-refractivity contribution in [1.29, 1.82) is 0 Å². The van der Waals surface area contributed by atoms with Gasteiger partial charge in [-0.2, -0.15) is 5.10 Å². The highest BCUT2D eigenvalue weighted by Crippen LogP contribution is 2.14. The molecule has 0 aromatic carbocycles. The molecule has 2 heterocycles. The summed E-state index contributed by atoms with van der Waals surface area (Å²) in [4.78, 5) is 4.39. The van der Waals surface area contributed by atoms with Gasteiger partial charge in [-0.15, -0.1) is 10.2 Å². The van der Waals surface area contributed by atoms with Crippen molar-refractivity contribution in [3.63, 3.8) is 0 Å². The SMILES string of the molecule is CC(C)Cc1n[nH]c(Cc2nnc(N)s2)n1. The van der Waals surface area contributed by atoms with Crippen LogP contribution in [-0.4, -0.2) is 25.4 Å². The van der Waals surface area contributed by atoms with Gasteiger partial charge in [-0.3, -0.25) is 5.10 Å². The monoisotopic (exact) mass is 238 g/mol. The number of aromatic amines is 1. The van der Waals surface area contributed by atoms with E-state index in [-0.39, 0.29) is 0 Å². The zero-order valence-electron chi connectivity index (χ0n) is 9.27. The van der Waals surface area contributed by atoms with E-state index in [2.05, 4.69) is 39.2 Å². The Balaban J connectivity index is 2.02. The Bertz CT molecular complexity index is 460. The van der Waals surface area contributed by atoms with E-state index >= 15 is 0 Å². The fraction of sp³-hybridized carbons (Fsp3) is 0.556. The molecular weight excluding hydrogens is 224 g/mol. The molecule has 3 N–H and O–H groups in total. The lowest BCUT2D eigenvalue weighted by Gasteiger charge is -1.96. The van der Waals surface area contributed by atoms with E-state index in [9.17, 15) is 0 Å². The molecule has 0 bridgehead atoms. The summed E-state index contributed by atoms with van der Waals surface area (Å²) in [6.07, 6.45) is 1.49. The normalized spacial score (nSPS) is 11.2. The highest BCUT2D eigenvalue weighted by molar-refractivity contribution is 7.15. The molecule has 2 rings (SSSR count). The number of nitrogens with zero attached hydrogens (tertiary/aromatic N) is 4. The summed E-state index contributed by atoms with van der Waals surface area (Å²) in [5, 5.41) is 16.1. The van der Waals surface area contributed by atoms with Crippen molar-refractivity contribution >= 4 is 16.5 Å². The summed E-state index contributed by atoms with van der Waals surface area (Å²) in [6, 6.07) is 0. The molecule has 0 unspecified atom stereocenters.